The molecule has 0 spiro atoms. The van der Waals surface area contributed by atoms with Gasteiger partial charge in [-0.1, -0.05) is 30.3 Å². The fraction of sp³-hybridized carbons (Fsp3) is 0.333. The lowest BCUT2D eigenvalue weighted by molar-refractivity contribution is -0.116. The van der Waals surface area contributed by atoms with E-state index in [4.69, 9.17) is 9.47 Å². The first-order chi connectivity index (χ1) is 14.1. The molecule has 2 N–H and O–H groups in total. The summed E-state index contributed by atoms with van der Waals surface area (Å²) in [5.74, 6) is 1.13. The Labute approximate surface area is 174 Å². The van der Waals surface area contributed by atoms with Gasteiger partial charge in [0.05, 0.1) is 5.69 Å². The number of thioether (sulfide) groups is 1. The van der Waals surface area contributed by atoms with Crippen LogP contribution in [0, 0.1) is 0 Å². The number of anilines is 1. The van der Waals surface area contributed by atoms with Gasteiger partial charge in [0.1, 0.15) is 13.2 Å². The van der Waals surface area contributed by atoms with E-state index in [1.807, 2.05) is 42.7 Å². The molecular formula is C21H25N3O4S. The molecule has 2 aromatic rings. The van der Waals surface area contributed by atoms with Gasteiger partial charge >= 0.3 is 6.03 Å². The summed E-state index contributed by atoms with van der Waals surface area (Å²) in [6.45, 7) is 1.77. The smallest absolute Gasteiger partial charge is 0.317 e. The third-order valence-corrected chi connectivity index (χ3v) is 5.15. The molecule has 3 amide bonds. The number of nitrogens with one attached hydrogen (secondary N) is 2. The zero-order valence-corrected chi connectivity index (χ0v) is 17.4. The fourth-order valence-corrected chi connectivity index (χ4v) is 3.45. The van der Waals surface area contributed by atoms with Gasteiger partial charge in [-0.3, -0.25) is 4.79 Å². The zero-order chi connectivity index (χ0) is 20.6. The summed E-state index contributed by atoms with van der Waals surface area (Å²) in [5, 5.41) is 5.67. The van der Waals surface area contributed by atoms with E-state index in [9.17, 15) is 9.59 Å². The minimum Gasteiger partial charge on any atom is -0.486 e. The lowest BCUT2D eigenvalue weighted by atomic mass is 10.2. The van der Waals surface area contributed by atoms with Crippen LogP contribution in [0.15, 0.2) is 47.4 Å². The van der Waals surface area contributed by atoms with Gasteiger partial charge < -0.3 is 25.0 Å². The molecule has 3 rings (SSSR count). The van der Waals surface area contributed by atoms with Gasteiger partial charge in [-0.15, -0.1) is 11.8 Å². The first kappa shape index (κ1) is 20.9. The Hall–Kier alpha value is -2.87. The molecule has 29 heavy (non-hydrogen) atoms. The second kappa shape index (κ2) is 10.1. The summed E-state index contributed by atoms with van der Waals surface area (Å²) in [6, 6.07) is 13.2. The van der Waals surface area contributed by atoms with Gasteiger partial charge in [-0.2, -0.15) is 0 Å². The number of nitrogens with zero attached hydrogens (tertiary/aromatic N) is 1. The van der Waals surface area contributed by atoms with E-state index < -0.39 is 0 Å². The predicted molar refractivity (Wildman–Crippen MR) is 114 cm³/mol. The molecule has 8 heteroatoms. The molecule has 0 radical (unpaired) electrons. The van der Waals surface area contributed by atoms with Crippen molar-refractivity contribution < 1.29 is 19.1 Å². The standard InChI is InChI=1S/C21H25N3O4S/c1-24(14-15-6-4-3-5-7-15)21(26)22-9-8-20(25)23-16-12-17-18(13-19(16)29-2)28-11-10-27-17/h3-7,12-13H,8-11,14H2,1-2H3,(H,22,26)(H,23,25). The van der Waals surface area contributed by atoms with E-state index in [2.05, 4.69) is 10.6 Å². The number of rotatable bonds is 7. The Bertz CT molecular complexity index is 861. The Kier molecular flexibility index (Phi) is 7.24. The van der Waals surface area contributed by atoms with Gasteiger partial charge in [0, 0.05) is 37.5 Å². The van der Waals surface area contributed by atoms with Crippen molar-refractivity contribution in [2.45, 2.75) is 17.9 Å². The number of hydrogen-bond acceptors (Lipinski definition) is 5. The second-order valence-electron chi connectivity index (χ2n) is 6.57. The minimum absolute atomic E-state index is 0.174. The van der Waals surface area contributed by atoms with Crippen molar-refractivity contribution in [1.82, 2.24) is 10.2 Å². The lowest BCUT2D eigenvalue weighted by Gasteiger charge is -2.21. The highest BCUT2D eigenvalue weighted by Crippen LogP contribution is 2.39. The Morgan fingerprint density at radius 2 is 1.79 bits per heavy atom. The SMILES string of the molecule is CSc1cc2c(cc1NC(=O)CCNC(=O)N(C)Cc1ccccc1)OCCO2. The van der Waals surface area contributed by atoms with Crippen LogP contribution >= 0.6 is 11.8 Å². The summed E-state index contributed by atoms with van der Waals surface area (Å²) in [4.78, 5) is 27.0. The van der Waals surface area contributed by atoms with Crippen LogP contribution in [0.3, 0.4) is 0 Å². The number of hydrogen-bond donors (Lipinski definition) is 2. The lowest BCUT2D eigenvalue weighted by Crippen LogP contribution is -2.38. The molecule has 0 saturated heterocycles. The molecule has 1 aliphatic rings. The summed E-state index contributed by atoms with van der Waals surface area (Å²) in [6.07, 6.45) is 2.11. The number of ether oxygens (including phenoxy) is 2. The monoisotopic (exact) mass is 415 g/mol. The van der Waals surface area contributed by atoms with Gasteiger partial charge in [0.15, 0.2) is 11.5 Å². The van der Waals surface area contributed by atoms with Crippen LogP contribution in [0.2, 0.25) is 0 Å². The fourth-order valence-electron chi connectivity index (χ4n) is 2.90. The molecule has 1 heterocycles. The Morgan fingerprint density at radius 3 is 2.48 bits per heavy atom. The third kappa shape index (κ3) is 5.80. The molecule has 154 valence electrons. The van der Waals surface area contributed by atoms with Crippen LogP contribution in [-0.2, 0) is 11.3 Å². The van der Waals surface area contributed by atoms with Gasteiger partial charge in [-0.25, -0.2) is 4.79 Å². The molecule has 2 aromatic carbocycles. The van der Waals surface area contributed by atoms with Crippen LogP contribution in [0.25, 0.3) is 0 Å². The van der Waals surface area contributed by atoms with Crippen LogP contribution in [-0.4, -0.2) is 49.9 Å². The van der Waals surface area contributed by atoms with Crippen LogP contribution < -0.4 is 20.1 Å². The van der Waals surface area contributed by atoms with Crippen LogP contribution in [0.1, 0.15) is 12.0 Å². The number of benzene rings is 2. The predicted octanol–water partition coefficient (Wildman–Crippen LogP) is 3.35. The van der Waals surface area contributed by atoms with Crippen LogP contribution in [0.4, 0.5) is 10.5 Å². The van der Waals surface area contributed by atoms with E-state index in [0.29, 0.717) is 36.9 Å². The second-order valence-corrected chi connectivity index (χ2v) is 7.42. The third-order valence-electron chi connectivity index (χ3n) is 4.38. The minimum atomic E-state index is -0.217. The van der Waals surface area contributed by atoms with Gasteiger partial charge in [0.25, 0.3) is 0 Å². The molecule has 0 saturated carbocycles. The van der Waals surface area contributed by atoms with E-state index in [1.165, 1.54) is 11.8 Å². The average Bonchev–Trinajstić information content (AvgIpc) is 2.73. The number of urea groups is 1. The molecule has 0 fully saturated rings. The highest BCUT2D eigenvalue weighted by Gasteiger charge is 2.17. The van der Waals surface area contributed by atoms with Crippen molar-refractivity contribution in [3.63, 3.8) is 0 Å². The molecule has 7 nitrogen and oxygen atoms in total. The molecule has 0 aromatic heterocycles. The summed E-state index contributed by atoms with van der Waals surface area (Å²) < 4.78 is 11.2. The molecule has 1 aliphatic heterocycles. The maximum absolute atomic E-state index is 12.3. The van der Waals surface area contributed by atoms with E-state index in [-0.39, 0.29) is 24.9 Å². The van der Waals surface area contributed by atoms with E-state index >= 15 is 0 Å². The molecular weight excluding hydrogens is 390 g/mol. The van der Waals surface area contributed by atoms with Crippen molar-refractivity contribution >= 4 is 29.4 Å². The van der Waals surface area contributed by atoms with Crippen molar-refractivity contribution in [2.24, 2.45) is 0 Å². The summed E-state index contributed by atoms with van der Waals surface area (Å²) in [7, 11) is 1.72. The molecule has 0 unspecified atom stereocenters. The molecule has 0 aliphatic carbocycles. The maximum Gasteiger partial charge on any atom is 0.317 e. The molecule has 0 bridgehead atoms. The number of carbonyl (C=O) groups is 2. The normalized spacial score (nSPS) is 12.2. The quantitative estimate of drug-likeness (QED) is 0.678. The van der Waals surface area contributed by atoms with Crippen molar-refractivity contribution in [3.05, 3.63) is 48.0 Å². The number of amides is 3. The highest BCUT2D eigenvalue weighted by atomic mass is 32.2. The summed E-state index contributed by atoms with van der Waals surface area (Å²) in [5.41, 5.74) is 1.73. The largest absolute Gasteiger partial charge is 0.486 e. The van der Waals surface area contributed by atoms with Crippen molar-refractivity contribution in [3.8, 4) is 11.5 Å². The summed E-state index contributed by atoms with van der Waals surface area (Å²) >= 11 is 1.52. The number of fused-ring (bicyclic) bond motifs is 1. The Morgan fingerprint density at radius 1 is 1.10 bits per heavy atom. The van der Waals surface area contributed by atoms with Crippen molar-refractivity contribution in [2.75, 3.05) is 38.4 Å². The Balaban J connectivity index is 1.48. The zero-order valence-electron chi connectivity index (χ0n) is 16.6. The van der Waals surface area contributed by atoms with E-state index in [1.54, 1.807) is 18.0 Å². The van der Waals surface area contributed by atoms with Gasteiger partial charge in [0.2, 0.25) is 5.91 Å². The van der Waals surface area contributed by atoms with E-state index in [0.717, 1.165) is 10.5 Å². The topological polar surface area (TPSA) is 79.9 Å². The first-order valence-corrected chi connectivity index (χ1v) is 10.6. The van der Waals surface area contributed by atoms with Gasteiger partial charge in [-0.05, 0) is 17.9 Å². The highest BCUT2D eigenvalue weighted by molar-refractivity contribution is 7.98. The molecule has 0 atom stereocenters. The van der Waals surface area contributed by atoms with Crippen LogP contribution in [0.5, 0.6) is 11.5 Å². The number of carbonyl (C=O) groups excluding carboxylic acids is 2. The first-order valence-electron chi connectivity index (χ1n) is 9.37. The van der Waals surface area contributed by atoms with Crippen molar-refractivity contribution in [1.29, 1.82) is 0 Å². The average molecular weight is 416 g/mol. The maximum atomic E-state index is 12.3.